The molecule has 1 saturated heterocycles. The zero-order valence-corrected chi connectivity index (χ0v) is 20.0. The third kappa shape index (κ3) is 3.86. The standard InChI is InChI=1S/C27H31N5O3/c1-20-28-29-26-19-31(22-7-2-3-8-23(22)32(20)26)14-6-13-30-15-11-21(12-16-30)27(33,24-9-4-17-34-24)25-10-5-18-35-25/h2-5,7-10,17-18,21,33H,6,11-16,19H2,1H3. The third-order valence-corrected chi connectivity index (χ3v) is 7.56. The molecule has 8 nitrogen and oxygen atoms in total. The number of piperidine rings is 1. The molecule has 4 aromatic rings. The topological polar surface area (TPSA) is 83.7 Å². The zero-order valence-electron chi connectivity index (χ0n) is 20.0. The first-order valence-electron chi connectivity index (χ1n) is 12.4. The Balaban J connectivity index is 1.08. The van der Waals surface area contributed by atoms with E-state index in [-0.39, 0.29) is 5.92 Å². The van der Waals surface area contributed by atoms with Gasteiger partial charge in [-0.3, -0.25) is 4.57 Å². The highest BCUT2D eigenvalue weighted by Gasteiger charge is 2.46. The summed E-state index contributed by atoms with van der Waals surface area (Å²) in [6.07, 6.45) is 6.05. The van der Waals surface area contributed by atoms with Crippen molar-refractivity contribution in [3.63, 3.8) is 0 Å². The fourth-order valence-corrected chi connectivity index (χ4v) is 5.77. The third-order valence-electron chi connectivity index (χ3n) is 7.56. The zero-order chi connectivity index (χ0) is 23.8. The largest absolute Gasteiger partial charge is 0.466 e. The maximum absolute atomic E-state index is 11.7. The predicted octanol–water partition coefficient (Wildman–Crippen LogP) is 4.12. The van der Waals surface area contributed by atoms with Crippen molar-refractivity contribution in [2.75, 3.05) is 31.1 Å². The van der Waals surface area contributed by atoms with E-state index in [2.05, 4.69) is 48.8 Å². The molecule has 35 heavy (non-hydrogen) atoms. The summed E-state index contributed by atoms with van der Waals surface area (Å²) in [5.41, 5.74) is 1.17. The van der Waals surface area contributed by atoms with E-state index in [9.17, 15) is 5.11 Å². The number of aromatic nitrogens is 3. The molecule has 0 aliphatic carbocycles. The monoisotopic (exact) mass is 473 g/mol. The molecule has 2 aliphatic heterocycles. The number of likely N-dealkylation sites (tertiary alicyclic amines) is 1. The second-order valence-corrected chi connectivity index (χ2v) is 9.60. The van der Waals surface area contributed by atoms with E-state index in [0.29, 0.717) is 11.5 Å². The average Bonchev–Trinajstić information content (AvgIpc) is 3.67. The Morgan fingerprint density at radius 1 is 0.914 bits per heavy atom. The SMILES string of the molecule is Cc1nnc2n1-c1ccccc1N(CCCN1CCC(C(O)(c3ccco3)c3ccco3)CC1)C2. The van der Waals surface area contributed by atoms with Gasteiger partial charge in [-0.15, -0.1) is 10.2 Å². The van der Waals surface area contributed by atoms with Crippen LogP contribution in [-0.4, -0.2) is 50.9 Å². The van der Waals surface area contributed by atoms with Gasteiger partial charge < -0.3 is 23.7 Å². The van der Waals surface area contributed by atoms with Gasteiger partial charge >= 0.3 is 0 Å². The minimum Gasteiger partial charge on any atom is -0.466 e. The molecule has 5 heterocycles. The lowest BCUT2D eigenvalue weighted by Crippen LogP contribution is -2.44. The van der Waals surface area contributed by atoms with Gasteiger partial charge in [0, 0.05) is 12.5 Å². The highest BCUT2D eigenvalue weighted by atomic mass is 16.4. The number of rotatable bonds is 7. The van der Waals surface area contributed by atoms with Crippen molar-refractivity contribution in [1.29, 1.82) is 0 Å². The molecule has 1 aromatic carbocycles. The molecule has 6 rings (SSSR count). The van der Waals surface area contributed by atoms with Crippen LogP contribution in [0.1, 0.15) is 42.4 Å². The number of furan rings is 2. The van der Waals surface area contributed by atoms with Crippen LogP contribution in [0.15, 0.2) is 69.9 Å². The lowest BCUT2D eigenvalue weighted by molar-refractivity contribution is -0.0452. The van der Waals surface area contributed by atoms with E-state index in [1.54, 1.807) is 12.5 Å². The minimum absolute atomic E-state index is 0.0413. The summed E-state index contributed by atoms with van der Waals surface area (Å²) in [5.74, 6) is 3.08. The van der Waals surface area contributed by atoms with Gasteiger partial charge in [-0.05, 0) is 82.2 Å². The molecule has 0 unspecified atom stereocenters. The highest BCUT2D eigenvalue weighted by Crippen LogP contribution is 2.42. The molecule has 0 atom stereocenters. The van der Waals surface area contributed by atoms with Crippen molar-refractivity contribution < 1.29 is 13.9 Å². The van der Waals surface area contributed by atoms with E-state index in [1.165, 1.54) is 5.69 Å². The molecule has 3 aromatic heterocycles. The number of hydrogen-bond donors (Lipinski definition) is 1. The van der Waals surface area contributed by atoms with Gasteiger partial charge in [0.05, 0.1) is 30.4 Å². The van der Waals surface area contributed by atoms with Gasteiger partial charge in [-0.2, -0.15) is 0 Å². The number of aliphatic hydroxyl groups is 1. The Kier molecular flexibility index (Phi) is 5.70. The molecular formula is C27H31N5O3. The van der Waals surface area contributed by atoms with Crippen molar-refractivity contribution in [2.45, 2.75) is 38.3 Å². The molecule has 2 aliphatic rings. The van der Waals surface area contributed by atoms with Gasteiger partial charge in [-0.1, -0.05) is 12.1 Å². The molecule has 0 spiro atoms. The molecular weight excluding hydrogens is 442 g/mol. The second kappa shape index (κ2) is 9.02. The lowest BCUT2D eigenvalue weighted by Gasteiger charge is -2.39. The Bertz CT molecular complexity index is 1220. The van der Waals surface area contributed by atoms with Gasteiger partial charge in [-0.25, -0.2) is 0 Å². The summed E-state index contributed by atoms with van der Waals surface area (Å²) in [6.45, 7) is 6.66. The Labute approximate surface area is 204 Å². The van der Waals surface area contributed by atoms with Crippen LogP contribution < -0.4 is 4.90 Å². The lowest BCUT2D eigenvalue weighted by atomic mass is 9.77. The van der Waals surface area contributed by atoms with Crippen LogP contribution >= 0.6 is 0 Å². The van der Waals surface area contributed by atoms with Crippen LogP contribution in [0.2, 0.25) is 0 Å². The summed E-state index contributed by atoms with van der Waals surface area (Å²) < 4.78 is 13.5. The molecule has 182 valence electrons. The maximum Gasteiger partial charge on any atom is 0.182 e. The molecule has 0 radical (unpaired) electrons. The fraction of sp³-hybridized carbons (Fsp3) is 0.407. The second-order valence-electron chi connectivity index (χ2n) is 9.60. The number of hydrogen-bond acceptors (Lipinski definition) is 7. The van der Waals surface area contributed by atoms with Crippen molar-refractivity contribution in [3.8, 4) is 5.69 Å². The molecule has 0 amide bonds. The van der Waals surface area contributed by atoms with Crippen molar-refractivity contribution in [3.05, 3.63) is 84.2 Å². The van der Waals surface area contributed by atoms with Crippen molar-refractivity contribution >= 4 is 5.69 Å². The maximum atomic E-state index is 11.7. The van der Waals surface area contributed by atoms with Gasteiger partial charge in [0.2, 0.25) is 0 Å². The summed E-state index contributed by atoms with van der Waals surface area (Å²) in [4.78, 5) is 4.92. The summed E-state index contributed by atoms with van der Waals surface area (Å²) in [5, 5.41) is 20.4. The number of para-hydroxylation sites is 2. The smallest absolute Gasteiger partial charge is 0.182 e. The first-order chi connectivity index (χ1) is 17.1. The normalized spacial score (nSPS) is 16.9. The van der Waals surface area contributed by atoms with Crippen LogP contribution in [0.5, 0.6) is 0 Å². The number of anilines is 1. The number of benzene rings is 1. The van der Waals surface area contributed by atoms with Gasteiger partial charge in [0.1, 0.15) is 17.3 Å². The van der Waals surface area contributed by atoms with E-state index in [0.717, 1.165) is 69.3 Å². The minimum atomic E-state index is -1.23. The van der Waals surface area contributed by atoms with Crippen molar-refractivity contribution in [2.24, 2.45) is 5.92 Å². The first kappa shape index (κ1) is 22.1. The van der Waals surface area contributed by atoms with Crippen LogP contribution in [0.4, 0.5) is 5.69 Å². The number of aryl methyl sites for hydroxylation is 1. The first-order valence-corrected chi connectivity index (χ1v) is 12.4. The van der Waals surface area contributed by atoms with Crippen LogP contribution in [-0.2, 0) is 12.1 Å². The molecule has 1 fully saturated rings. The highest BCUT2D eigenvalue weighted by molar-refractivity contribution is 5.65. The Hall–Kier alpha value is -3.36. The summed E-state index contributed by atoms with van der Waals surface area (Å²) in [7, 11) is 0. The summed E-state index contributed by atoms with van der Waals surface area (Å²) in [6, 6.07) is 15.8. The van der Waals surface area contributed by atoms with E-state index >= 15 is 0 Å². The van der Waals surface area contributed by atoms with Crippen LogP contribution in [0.3, 0.4) is 0 Å². The van der Waals surface area contributed by atoms with Crippen LogP contribution in [0, 0.1) is 12.8 Å². The van der Waals surface area contributed by atoms with E-state index in [1.807, 2.05) is 31.2 Å². The Morgan fingerprint density at radius 3 is 2.26 bits per heavy atom. The van der Waals surface area contributed by atoms with Crippen LogP contribution in [0.25, 0.3) is 5.69 Å². The Morgan fingerprint density at radius 2 is 1.60 bits per heavy atom. The van der Waals surface area contributed by atoms with E-state index < -0.39 is 5.60 Å². The molecule has 0 bridgehead atoms. The molecule has 0 saturated carbocycles. The number of fused-ring (bicyclic) bond motifs is 3. The van der Waals surface area contributed by atoms with Gasteiger partial charge in [0.15, 0.2) is 11.4 Å². The fourth-order valence-electron chi connectivity index (χ4n) is 5.77. The molecule has 1 N–H and O–H groups in total. The number of nitrogens with zero attached hydrogens (tertiary/aromatic N) is 5. The van der Waals surface area contributed by atoms with Gasteiger partial charge in [0.25, 0.3) is 0 Å². The molecule has 8 heteroatoms. The summed E-state index contributed by atoms with van der Waals surface area (Å²) >= 11 is 0. The van der Waals surface area contributed by atoms with E-state index in [4.69, 9.17) is 8.83 Å². The predicted molar refractivity (Wildman–Crippen MR) is 131 cm³/mol. The average molecular weight is 474 g/mol. The quantitative estimate of drug-likeness (QED) is 0.432. The van der Waals surface area contributed by atoms with Crippen molar-refractivity contribution in [1.82, 2.24) is 19.7 Å².